The Morgan fingerprint density at radius 3 is 2.77 bits per heavy atom. The second-order valence-corrected chi connectivity index (χ2v) is 4.88. The Morgan fingerprint density at radius 1 is 1.36 bits per heavy atom. The molecule has 1 atom stereocenters. The molecule has 1 aromatic carbocycles. The second-order valence-electron chi connectivity index (χ2n) is 4.88. The van der Waals surface area contributed by atoms with Crippen LogP contribution in [0.5, 0.6) is 5.75 Å². The first-order valence-corrected chi connectivity index (χ1v) is 6.81. The third-order valence-corrected chi connectivity index (χ3v) is 2.89. The minimum atomic E-state index is -0.869. The van der Waals surface area contributed by atoms with Crippen molar-refractivity contribution in [1.29, 1.82) is 0 Å². The van der Waals surface area contributed by atoms with Crippen LogP contribution in [0.4, 0.5) is 4.39 Å². The maximum Gasteiger partial charge on any atom is 0.252 e. The summed E-state index contributed by atoms with van der Waals surface area (Å²) in [7, 11) is 0. The lowest BCUT2D eigenvalue weighted by molar-refractivity contribution is 0.0843. The number of aliphatic hydroxyl groups excluding tert-OH is 1. The van der Waals surface area contributed by atoms with Crippen molar-refractivity contribution in [2.45, 2.75) is 13.0 Å². The quantitative estimate of drug-likeness (QED) is 0.852. The van der Waals surface area contributed by atoms with Crippen molar-refractivity contribution in [2.75, 3.05) is 13.2 Å². The fraction of sp³-hybridized carbons (Fsp3) is 0.250. The van der Waals surface area contributed by atoms with Gasteiger partial charge in [0.1, 0.15) is 24.3 Å². The normalized spacial score (nSPS) is 11.8. The van der Waals surface area contributed by atoms with E-state index < -0.39 is 6.10 Å². The number of pyridine rings is 1. The highest BCUT2D eigenvalue weighted by atomic mass is 19.1. The fourth-order valence-electron chi connectivity index (χ4n) is 1.77. The first-order valence-electron chi connectivity index (χ1n) is 6.81. The number of aliphatic hydroxyl groups is 1. The predicted molar refractivity (Wildman–Crippen MR) is 79.2 cm³/mol. The summed E-state index contributed by atoms with van der Waals surface area (Å²) < 4.78 is 18.0. The lowest BCUT2D eigenvalue weighted by Crippen LogP contribution is -2.35. The van der Waals surface area contributed by atoms with Gasteiger partial charge in [0, 0.05) is 18.9 Å². The number of hydrogen-bond acceptors (Lipinski definition) is 4. The van der Waals surface area contributed by atoms with Crippen LogP contribution >= 0.6 is 0 Å². The number of benzene rings is 1. The standard InChI is InChI=1S/C16H17FN2O3/c1-11-6-12(8-18-7-11)16(21)19-9-14(20)10-22-15-4-2-13(17)3-5-15/h2-8,14,20H,9-10H2,1H3,(H,19,21). The Balaban J connectivity index is 1.76. The zero-order valence-corrected chi connectivity index (χ0v) is 12.1. The second kappa shape index (κ2) is 7.51. The van der Waals surface area contributed by atoms with E-state index in [9.17, 15) is 14.3 Å². The van der Waals surface area contributed by atoms with Gasteiger partial charge in [-0.3, -0.25) is 9.78 Å². The lowest BCUT2D eigenvalue weighted by atomic mass is 10.2. The summed E-state index contributed by atoms with van der Waals surface area (Å²) in [5.41, 5.74) is 1.32. The zero-order valence-electron chi connectivity index (χ0n) is 12.1. The highest BCUT2D eigenvalue weighted by Gasteiger charge is 2.10. The first-order chi connectivity index (χ1) is 10.5. The molecule has 6 heteroatoms. The van der Waals surface area contributed by atoms with Crippen molar-refractivity contribution in [3.63, 3.8) is 0 Å². The van der Waals surface area contributed by atoms with E-state index >= 15 is 0 Å². The highest BCUT2D eigenvalue weighted by molar-refractivity contribution is 5.93. The van der Waals surface area contributed by atoms with E-state index in [1.807, 2.05) is 6.92 Å². The number of halogens is 1. The van der Waals surface area contributed by atoms with Gasteiger partial charge in [0.15, 0.2) is 0 Å². The van der Waals surface area contributed by atoms with E-state index in [0.29, 0.717) is 11.3 Å². The van der Waals surface area contributed by atoms with Gasteiger partial charge in [-0.1, -0.05) is 0 Å². The molecule has 0 bridgehead atoms. The number of carbonyl (C=O) groups excluding carboxylic acids is 1. The smallest absolute Gasteiger partial charge is 0.252 e. The summed E-state index contributed by atoms with van der Waals surface area (Å²) in [5.74, 6) is -0.210. The predicted octanol–water partition coefficient (Wildman–Crippen LogP) is 1.70. The van der Waals surface area contributed by atoms with Gasteiger partial charge in [-0.15, -0.1) is 0 Å². The summed E-state index contributed by atoms with van der Waals surface area (Å²) >= 11 is 0. The molecule has 0 saturated heterocycles. The van der Waals surface area contributed by atoms with Gasteiger partial charge in [0.05, 0.1) is 5.56 Å². The van der Waals surface area contributed by atoms with Crippen LogP contribution in [-0.2, 0) is 0 Å². The Labute approximate surface area is 127 Å². The minimum absolute atomic E-state index is 0.00200. The van der Waals surface area contributed by atoms with Gasteiger partial charge in [0.2, 0.25) is 0 Å². The van der Waals surface area contributed by atoms with Crippen LogP contribution in [-0.4, -0.2) is 35.3 Å². The summed E-state index contributed by atoms with van der Waals surface area (Å²) in [4.78, 5) is 15.8. The number of nitrogens with zero attached hydrogens (tertiary/aromatic N) is 1. The lowest BCUT2D eigenvalue weighted by Gasteiger charge is -2.13. The van der Waals surface area contributed by atoms with Crippen molar-refractivity contribution in [1.82, 2.24) is 10.3 Å². The molecular formula is C16H17FN2O3. The molecule has 0 spiro atoms. The Morgan fingerprint density at radius 2 is 2.09 bits per heavy atom. The molecule has 2 aromatic rings. The third kappa shape index (κ3) is 4.82. The molecule has 2 rings (SSSR count). The number of rotatable bonds is 6. The summed E-state index contributed by atoms with van der Waals surface area (Å²) in [6.45, 7) is 1.89. The fourth-order valence-corrected chi connectivity index (χ4v) is 1.77. The van der Waals surface area contributed by atoms with Gasteiger partial charge < -0.3 is 15.2 Å². The van der Waals surface area contributed by atoms with Crippen LogP contribution < -0.4 is 10.1 Å². The van der Waals surface area contributed by atoms with Crippen molar-refractivity contribution < 1.29 is 19.0 Å². The van der Waals surface area contributed by atoms with Gasteiger partial charge in [-0.25, -0.2) is 4.39 Å². The molecule has 1 unspecified atom stereocenters. The Bertz CT molecular complexity index is 632. The molecule has 0 aliphatic rings. The van der Waals surface area contributed by atoms with E-state index in [1.54, 1.807) is 12.3 Å². The molecule has 0 fully saturated rings. The maximum atomic E-state index is 12.7. The number of ether oxygens (including phenoxy) is 1. The van der Waals surface area contributed by atoms with Crippen LogP contribution in [0.2, 0.25) is 0 Å². The molecule has 0 aliphatic carbocycles. The molecule has 1 aromatic heterocycles. The number of nitrogens with one attached hydrogen (secondary N) is 1. The first kappa shape index (κ1) is 15.9. The maximum absolute atomic E-state index is 12.7. The Hall–Kier alpha value is -2.47. The number of aryl methyl sites for hydroxylation is 1. The SMILES string of the molecule is Cc1cncc(C(=O)NCC(O)COc2ccc(F)cc2)c1. The molecule has 0 radical (unpaired) electrons. The molecule has 1 amide bonds. The van der Waals surface area contributed by atoms with E-state index in [1.165, 1.54) is 30.5 Å². The van der Waals surface area contributed by atoms with Crippen LogP contribution in [0, 0.1) is 12.7 Å². The monoisotopic (exact) mass is 304 g/mol. The largest absolute Gasteiger partial charge is 0.491 e. The number of aromatic nitrogens is 1. The van der Waals surface area contributed by atoms with E-state index in [-0.39, 0.29) is 24.9 Å². The Kier molecular flexibility index (Phi) is 5.43. The number of hydrogen-bond donors (Lipinski definition) is 2. The molecular weight excluding hydrogens is 287 g/mol. The summed E-state index contributed by atoms with van der Waals surface area (Å²) in [5, 5.41) is 12.4. The molecule has 22 heavy (non-hydrogen) atoms. The van der Waals surface area contributed by atoms with Crippen molar-refractivity contribution in [3.05, 3.63) is 59.7 Å². The van der Waals surface area contributed by atoms with E-state index in [2.05, 4.69) is 10.3 Å². The summed E-state index contributed by atoms with van der Waals surface area (Å²) in [6, 6.07) is 7.20. The molecule has 0 saturated carbocycles. The van der Waals surface area contributed by atoms with Crippen LogP contribution in [0.25, 0.3) is 0 Å². The van der Waals surface area contributed by atoms with Gasteiger partial charge in [-0.05, 0) is 42.8 Å². The average Bonchev–Trinajstić information content (AvgIpc) is 2.52. The zero-order chi connectivity index (χ0) is 15.9. The van der Waals surface area contributed by atoms with Crippen molar-refractivity contribution >= 4 is 5.91 Å². The van der Waals surface area contributed by atoms with Crippen molar-refractivity contribution in [2.24, 2.45) is 0 Å². The van der Waals surface area contributed by atoms with Gasteiger partial charge in [0.25, 0.3) is 5.91 Å². The molecule has 1 heterocycles. The van der Waals surface area contributed by atoms with Crippen LogP contribution in [0.1, 0.15) is 15.9 Å². The molecule has 5 nitrogen and oxygen atoms in total. The third-order valence-electron chi connectivity index (χ3n) is 2.89. The molecule has 116 valence electrons. The van der Waals surface area contributed by atoms with E-state index in [4.69, 9.17) is 4.74 Å². The molecule has 0 aliphatic heterocycles. The molecule has 2 N–H and O–H groups in total. The highest BCUT2D eigenvalue weighted by Crippen LogP contribution is 2.11. The average molecular weight is 304 g/mol. The minimum Gasteiger partial charge on any atom is -0.491 e. The van der Waals surface area contributed by atoms with Crippen molar-refractivity contribution in [3.8, 4) is 5.75 Å². The van der Waals surface area contributed by atoms with Crippen LogP contribution in [0.3, 0.4) is 0 Å². The van der Waals surface area contributed by atoms with Gasteiger partial charge >= 0.3 is 0 Å². The van der Waals surface area contributed by atoms with Gasteiger partial charge in [-0.2, -0.15) is 0 Å². The topological polar surface area (TPSA) is 71.5 Å². The number of carbonyl (C=O) groups is 1. The van der Waals surface area contributed by atoms with Crippen LogP contribution in [0.15, 0.2) is 42.7 Å². The van der Waals surface area contributed by atoms with E-state index in [0.717, 1.165) is 5.56 Å². The number of amides is 1. The summed E-state index contributed by atoms with van der Waals surface area (Å²) in [6.07, 6.45) is 2.25.